The van der Waals surface area contributed by atoms with E-state index in [-0.39, 0.29) is 0 Å². The maximum atomic E-state index is 14.0. The number of aliphatic hydroxyl groups is 1. The van der Waals surface area contributed by atoms with Gasteiger partial charge in [0.1, 0.15) is 6.10 Å². The molecule has 0 saturated heterocycles. The van der Waals surface area contributed by atoms with Crippen LogP contribution in [0.1, 0.15) is 45.2 Å². The zero-order chi connectivity index (χ0) is 16.0. The molecule has 3 nitrogen and oxygen atoms in total. The van der Waals surface area contributed by atoms with Gasteiger partial charge in [0.25, 0.3) is 5.91 Å². The van der Waals surface area contributed by atoms with Crippen LogP contribution in [0, 0.1) is 5.92 Å². The monoisotopic (exact) mass is 299 g/mol. The molecule has 0 spiro atoms. The molecule has 21 heavy (non-hydrogen) atoms. The quantitative estimate of drug-likeness (QED) is 0.811. The van der Waals surface area contributed by atoms with Gasteiger partial charge in [-0.2, -0.15) is 8.78 Å². The lowest BCUT2D eigenvalue weighted by Gasteiger charge is -2.27. The summed E-state index contributed by atoms with van der Waals surface area (Å²) in [6.45, 7) is 5.00. The number of hydrogen-bond acceptors (Lipinski definition) is 2. The maximum Gasteiger partial charge on any atom is 0.349 e. The highest BCUT2D eigenvalue weighted by Gasteiger charge is 2.48. The van der Waals surface area contributed by atoms with Crippen molar-refractivity contribution in [3.05, 3.63) is 35.9 Å². The first-order valence-corrected chi connectivity index (χ1v) is 7.22. The van der Waals surface area contributed by atoms with E-state index in [0.717, 1.165) is 5.56 Å². The molecular weight excluding hydrogens is 276 g/mol. The molecule has 1 amide bonds. The van der Waals surface area contributed by atoms with Crippen molar-refractivity contribution < 1.29 is 18.7 Å². The van der Waals surface area contributed by atoms with Gasteiger partial charge in [0.05, 0.1) is 6.04 Å². The third-order valence-electron chi connectivity index (χ3n) is 3.60. The van der Waals surface area contributed by atoms with E-state index in [1.807, 2.05) is 13.0 Å². The van der Waals surface area contributed by atoms with E-state index in [1.165, 1.54) is 6.92 Å². The lowest BCUT2D eigenvalue weighted by molar-refractivity contribution is -0.170. The van der Waals surface area contributed by atoms with Crippen LogP contribution in [-0.4, -0.2) is 23.0 Å². The molecule has 0 aliphatic heterocycles. The Morgan fingerprint density at radius 1 is 1.29 bits per heavy atom. The predicted octanol–water partition coefficient (Wildman–Crippen LogP) is 3.30. The molecular formula is C16H23F2NO2. The number of rotatable bonds is 7. The van der Waals surface area contributed by atoms with Crippen molar-refractivity contribution in [3.63, 3.8) is 0 Å². The maximum absolute atomic E-state index is 14.0. The molecule has 118 valence electrons. The van der Waals surface area contributed by atoms with Crippen molar-refractivity contribution in [1.82, 2.24) is 5.32 Å². The number of aliphatic hydroxyl groups excluding tert-OH is 1. The fourth-order valence-electron chi connectivity index (χ4n) is 2.22. The largest absolute Gasteiger partial charge is 0.386 e. The van der Waals surface area contributed by atoms with Crippen LogP contribution in [0.3, 0.4) is 0 Å². The van der Waals surface area contributed by atoms with Crippen LogP contribution in [0.2, 0.25) is 0 Å². The molecule has 1 unspecified atom stereocenters. The minimum atomic E-state index is -3.79. The van der Waals surface area contributed by atoms with Crippen molar-refractivity contribution in [2.75, 3.05) is 0 Å². The summed E-state index contributed by atoms with van der Waals surface area (Å²) in [7, 11) is 0. The van der Waals surface area contributed by atoms with Gasteiger partial charge in [-0.15, -0.1) is 0 Å². The lowest BCUT2D eigenvalue weighted by atomic mass is 9.94. The van der Waals surface area contributed by atoms with Gasteiger partial charge in [-0.05, 0) is 24.8 Å². The minimum absolute atomic E-state index is 0.443. The molecule has 0 radical (unpaired) electrons. The van der Waals surface area contributed by atoms with Gasteiger partial charge >= 0.3 is 5.92 Å². The molecule has 0 saturated carbocycles. The molecule has 0 aromatic heterocycles. The van der Waals surface area contributed by atoms with Gasteiger partial charge in [0, 0.05) is 0 Å². The van der Waals surface area contributed by atoms with E-state index in [0.29, 0.717) is 12.8 Å². The van der Waals surface area contributed by atoms with Gasteiger partial charge in [0.2, 0.25) is 0 Å². The number of halogens is 2. The van der Waals surface area contributed by atoms with Crippen LogP contribution in [0.15, 0.2) is 30.3 Å². The Morgan fingerprint density at radius 2 is 1.86 bits per heavy atom. The Morgan fingerprint density at radius 3 is 2.38 bits per heavy atom. The fourth-order valence-corrected chi connectivity index (χ4v) is 2.22. The van der Waals surface area contributed by atoms with Crippen LogP contribution >= 0.6 is 0 Å². The summed E-state index contributed by atoms with van der Waals surface area (Å²) in [6.07, 6.45) is -0.852. The Bertz CT molecular complexity index is 451. The zero-order valence-electron chi connectivity index (χ0n) is 12.6. The first-order valence-electron chi connectivity index (χ1n) is 7.22. The second kappa shape index (κ2) is 7.50. The van der Waals surface area contributed by atoms with E-state index in [9.17, 15) is 18.7 Å². The second-order valence-electron chi connectivity index (χ2n) is 5.44. The number of carbonyl (C=O) groups excluding carboxylic acids is 1. The van der Waals surface area contributed by atoms with Crippen molar-refractivity contribution >= 4 is 5.91 Å². The topological polar surface area (TPSA) is 49.3 Å². The number of alkyl halides is 2. The third-order valence-corrected chi connectivity index (χ3v) is 3.60. The lowest BCUT2D eigenvalue weighted by Crippen LogP contribution is -2.51. The fraction of sp³-hybridized carbons (Fsp3) is 0.562. The second-order valence-corrected chi connectivity index (χ2v) is 5.44. The van der Waals surface area contributed by atoms with Gasteiger partial charge in [0.15, 0.2) is 0 Å². The Labute approximate surface area is 124 Å². The number of benzene rings is 1. The summed E-state index contributed by atoms with van der Waals surface area (Å²) in [5.74, 6) is -5.87. The Hall–Kier alpha value is -1.49. The summed E-state index contributed by atoms with van der Waals surface area (Å²) in [5, 5.41) is 12.0. The first-order chi connectivity index (χ1) is 9.80. The zero-order valence-corrected chi connectivity index (χ0v) is 12.6. The van der Waals surface area contributed by atoms with E-state index in [4.69, 9.17) is 0 Å². The van der Waals surface area contributed by atoms with E-state index < -0.39 is 29.9 Å². The highest BCUT2D eigenvalue weighted by atomic mass is 19.3. The molecule has 5 heteroatoms. The first kappa shape index (κ1) is 17.6. The minimum Gasteiger partial charge on any atom is -0.386 e. The number of hydrogen-bond donors (Lipinski definition) is 2. The molecule has 0 heterocycles. The summed E-state index contributed by atoms with van der Waals surface area (Å²) < 4.78 is 28.0. The van der Waals surface area contributed by atoms with E-state index >= 15 is 0 Å². The van der Waals surface area contributed by atoms with Crippen molar-refractivity contribution in [1.29, 1.82) is 0 Å². The van der Waals surface area contributed by atoms with Crippen molar-refractivity contribution in [2.24, 2.45) is 5.92 Å². The number of carbonyl (C=O) groups is 1. The molecule has 2 N–H and O–H groups in total. The van der Waals surface area contributed by atoms with Crippen molar-refractivity contribution in [3.8, 4) is 0 Å². The van der Waals surface area contributed by atoms with E-state index in [2.05, 4.69) is 5.32 Å². The summed E-state index contributed by atoms with van der Waals surface area (Å²) in [6, 6.07) is 8.31. The Kier molecular flexibility index (Phi) is 6.27. The molecule has 1 aromatic carbocycles. The predicted molar refractivity (Wildman–Crippen MR) is 78.0 cm³/mol. The Balaban J connectivity index is 2.73. The summed E-state index contributed by atoms with van der Waals surface area (Å²) in [5.41, 5.74) is 0.734. The molecule has 3 atom stereocenters. The normalized spacial score (nSPS) is 16.1. The molecule has 0 aliphatic rings. The molecule has 0 aliphatic carbocycles. The third kappa shape index (κ3) is 4.49. The van der Waals surface area contributed by atoms with E-state index in [1.54, 1.807) is 31.2 Å². The summed E-state index contributed by atoms with van der Waals surface area (Å²) in [4.78, 5) is 11.8. The standard InChI is InChI=1S/C16H23F2NO2/c1-4-8-11(2)14(20)16(17,18)15(21)19-12(3)13-9-6-5-7-10-13/h5-7,9-12,14,20H,4,8H2,1-3H3,(H,19,21)/t11-,12-,14?/m0/s1. The molecule has 0 fully saturated rings. The van der Waals surface area contributed by atoms with Crippen LogP contribution in [0.25, 0.3) is 0 Å². The highest BCUT2D eigenvalue weighted by Crippen LogP contribution is 2.28. The van der Waals surface area contributed by atoms with Crippen LogP contribution < -0.4 is 5.32 Å². The van der Waals surface area contributed by atoms with Crippen LogP contribution in [-0.2, 0) is 4.79 Å². The van der Waals surface area contributed by atoms with Gasteiger partial charge in [-0.3, -0.25) is 4.79 Å². The SMILES string of the molecule is CCC[C@H](C)C(O)C(F)(F)C(=O)N[C@@H](C)c1ccccc1. The summed E-state index contributed by atoms with van der Waals surface area (Å²) >= 11 is 0. The van der Waals surface area contributed by atoms with Crippen LogP contribution in [0.4, 0.5) is 8.78 Å². The molecule has 1 rings (SSSR count). The average Bonchev–Trinajstić information content (AvgIpc) is 2.47. The van der Waals surface area contributed by atoms with Crippen LogP contribution in [0.5, 0.6) is 0 Å². The molecule has 0 bridgehead atoms. The molecule has 1 aromatic rings. The van der Waals surface area contributed by atoms with Crippen molar-refractivity contribution in [2.45, 2.75) is 51.7 Å². The average molecular weight is 299 g/mol. The van der Waals surface area contributed by atoms with Gasteiger partial charge < -0.3 is 10.4 Å². The smallest absolute Gasteiger partial charge is 0.349 e. The number of amides is 1. The number of nitrogens with one attached hydrogen (secondary N) is 1. The van der Waals surface area contributed by atoms with Gasteiger partial charge in [-0.1, -0.05) is 50.6 Å². The highest BCUT2D eigenvalue weighted by molar-refractivity contribution is 5.84. The van der Waals surface area contributed by atoms with Gasteiger partial charge in [-0.25, -0.2) is 0 Å².